The summed E-state index contributed by atoms with van der Waals surface area (Å²) in [5.74, 6) is 1.51. The highest BCUT2D eigenvalue weighted by Gasteiger charge is 2.29. The Labute approximate surface area is 139 Å². The van der Waals surface area contributed by atoms with E-state index in [2.05, 4.69) is 17.6 Å². The number of fused-ring (bicyclic) bond motifs is 1. The number of thioether (sulfide) groups is 2. The Hall–Kier alpha value is -1.14. The van der Waals surface area contributed by atoms with Gasteiger partial charge in [-0.05, 0) is 36.8 Å². The Kier molecular flexibility index (Phi) is 4.98. The normalized spacial score (nSPS) is 23.8. The molecule has 1 aromatic carbocycles. The van der Waals surface area contributed by atoms with Gasteiger partial charge in [0, 0.05) is 21.8 Å². The Morgan fingerprint density at radius 3 is 3.14 bits per heavy atom. The van der Waals surface area contributed by atoms with Crippen molar-refractivity contribution in [3.05, 3.63) is 23.8 Å². The van der Waals surface area contributed by atoms with E-state index in [9.17, 15) is 9.59 Å². The van der Waals surface area contributed by atoms with Gasteiger partial charge in [0.1, 0.15) is 0 Å². The number of anilines is 1. The second kappa shape index (κ2) is 6.96. The molecule has 1 aliphatic heterocycles. The molecule has 0 aromatic heterocycles. The molecule has 2 unspecified atom stereocenters. The van der Waals surface area contributed by atoms with Gasteiger partial charge in [0.15, 0.2) is 0 Å². The monoisotopic (exact) mass is 336 g/mol. The van der Waals surface area contributed by atoms with Crippen molar-refractivity contribution in [2.75, 3.05) is 16.8 Å². The Bertz CT molecular complexity index is 592. The molecule has 1 saturated carbocycles. The fourth-order valence-corrected chi connectivity index (χ4v) is 5.01. The van der Waals surface area contributed by atoms with E-state index in [1.807, 2.05) is 23.9 Å². The smallest absolute Gasteiger partial charge is 0.251 e. The van der Waals surface area contributed by atoms with Gasteiger partial charge in [-0.1, -0.05) is 13.3 Å². The number of hydrogen-bond acceptors (Lipinski definition) is 4. The van der Waals surface area contributed by atoms with Crippen LogP contribution in [0.3, 0.4) is 0 Å². The van der Waals surface area contributed by atoms with E-state index in [1.165, 1.54) is 24.6 Å². The largest absolute Gasteiger partial charge is 0.348 e. The highest BCUT2D eigenvalue weighted by atomic mass is 32.2. The molecule has 2 N–H and O–H groups in total. The molecule has 6 heteroatoms. The molecule has 22 heavy (non-hydrogen) atoms. The molecule has 3 rings (SSSR count). The maximum atomic E-state index is 12.5. The molecule has 118 valence electrons. The lowest BCUT2D eigenvalue weighted by Crippen LogP contribution is -2.38. The Morgan fingerprint density at radius 1 is 1.45 bits per heavy atom. The zero-order valence-electron chi connectivity index (χ0n) is 12.6. The highest BCUT2D eigenvalue weighted by molar-refractivity contribution is 8.00. The molecule has 1 heterocycles. The molecular formula is C16H20N2O2S2. The summed E-state index contributed by atoms with van der Waals surface area (Å²) in [7, 11) is 0. The lowest BCUT2D eigenvalue weighted by atomic mass is 10.1. The van der Waals surface area contributed by atoms with Crippen molar-refractivity contribution in [2.24, 2.45) is 0 Å². The van der Waals surface area contributed by atoms with Crippen molar-refractivity contribution >= 4 is 41.0 Å². The number of amides is 2. The summed E-state index contributed by atoms with van der Waals surface area (Å²) in [5, 5.41) is 6.56. The van der Waals surface area contributed by atoms with E-state index in [0.29, 0.717) is 16.6 Å². The minimum Gasteiger partial charge on any atom is -0.348 e. The second-order valence-electron chi connectivity index (χ2n) is 5.55. The Balaban J connectivity index is 1.69. The van der Waals surface area contributed by atoms with Crippen molar-refractivity contribution in [2.45, 2.75) is 42.4 Å². The first-order valence-corrected chi connectivity index (χ1v) is 9.70. The van der Waals surface area contributed by atoms with Crippen LogP contribution < -0.4 is 10.6 Å². The van der Waals surface area contributed by atoms with Gasteiger partial charge in [-0.2, -0.15) is 11.8 Å². The SMILES string of the molecule is CCSC1CCCC1NC(=O)c1ccc2c(c1)SCC(=O)N2. The third-order valence-electron chi connectivity index (χ3n) is 4.03. The lowest BCUT2D eigenvalue weighted by Gasteiger charge is -2.21. The minimum atomic E-state index is -0.00565. The fourth-order valence-electron chi connectivity index (χ4n) is 2.97. The number of carbonyl (C=O) groups excluding carboxylic acids is 2. The summed E-state index contributed by atoms with van der Waals surface area (Å²) in [5.41, 5.74) is 1.48. The van der Waals surface area contributed by atoms with Gasteiger partial charge in [0.25, 0.3) is 5.91 Å². The number of carbonyl (C=O) groups is 2. The first kappa shape index (κ1) is 15.7. The number of nitrogens with one attached hydrogen (secondary N) is 2. The van der Waals surface area contributed by atoms with Crippen LogP contribution in [-0.4, -0.2) is 34.6 Å². The van der Waals surface area contributed by atoms with Gasteiger partial charge in [-0.3, -0.25) is 9.59 Å². The quantitative estimate of drug-likeness (QED) is 0.887. The molecule has 2 aliphatic rings. The van der Waals surface area contributed by atoms with Crippen molar-refractivity contribution in [1.82, 2.24) is 5.32 Å². The van der Waals surface area contributed by atoms with E-state index < -0.39 is 0 Å². The summed E-state index contributed by atoms with van der Waals surface area (Å²) >= 11 is 3.42. The zero-order chi connectivity index (χ0) is 15.5. The Morgan fingerprint density at radius 2 is 2.32 bits per heavy atom. The van der Waals surface area contributed by atoms with Crippen LogP contribution in [0.1, 0.15) is 36.5 Å². The lowest BCUT2D eigenvalue weighted by molar-refractivity contribution is -0.113. The first-order chi connectivity index (χ1) is 10.7. The molecule has 1 aliphatic carbocycles. The van der Waals surface area contributed by atoms with Crippen molar-refractivity contribution in [3.63, 3.8) is 0 Å². The summed E-state index contributed by atoms with van der Waals surface area (Å²) in [6, 6.07) is 5.77. The maximum absolute atomic E-state index is 12.5. The molecule has 2 atom stereocenters. The predicted molar refractivity (Wildman–Crippen MR) is 92.8 cm³/mol. The fraction of sp³-hybridized carbons (Fsp3) is 0.500. The molecule has 0 saturated heterocycles. The molecule has 4 nitrogen and oxygen atoms in total. The summed E-state index contributed by atoms with van der Waals surface area (Å²) < 4.78 is 0. The van der Waals surface area contributed by atoms with E-state index in [1.54, 1.807) is 6.07 Å². The first-order valence-electron chi connectivity index (χ1n) is 7.66. The third-order valence-corrected chi connectivity index (χ3v) is 6.41. The van der Waals surface area contributed by atoms with Crippen molar-refractivity contribution < 1.29 is 9.59 Å². The molecule has 1 aromatic rings. The average Bonchev–Trinajstić information content (AvgIpc) is 2.94. The van der Waals surface area contributed by atoms with Gasteiger partial charge in [0.05, 0.1) is 11.4 Å². The summed E-state index contributed by atoms with van der Waals surface area (Å²) in [6.45, 7) is 2.16. The van der Waals surface area contributed by atoms with E-state index >= 15 is 0 Å². The van der Waals surface area contributed by atoms with Crippen LogP contribution in [0, 0.1) is 0 Å². The predicted octanol–water partition coefficient (Wildman–Crippen LogP) is 3.13. The van der Waals surface area contributed by atoms with Crippen LogP contribution in [0.2, 0.25) is 0 Å². The number of benzene rings is 1. The molecule has 2 amide bonds. The van der Waals surface area contributed by atoms with Crippen LogP contribution >= 0.6 is 23.5 Å². The number of hydrogen-bond donors (Lipinski definition) is 2. The maximum Gasteiger partial charge on any atom is 0.251 e. The van der Waals surface area contributed by atoms with Gasteiger partial charge in [0.2, 0.25) is 5.91 Å². The van der Waals surface area contributed by atoms with Crippen LogP contribution in [0.25, 0.3) is 0 Å². The highest BCUT2D eigenvalue weighted by Crippen LogP contribution is 2.33. The third kappa shape index (κ3) is 3.43. The van der Waals surface area contributed by atoms with Crippen LogP contribution in [0.4, 0.5) is 5.69 Å². The molecule has 1 fully saturated rings. The second-order valence-corrected chi connectivity index (χ2v) is 8.09. The standard InChI is InChI=1S/C16H20N2O2S2/c1-2-21-13-5-3-4-11(13)18-16(20)10-6-7-12-14(8-10)22-9-15(19)17-12/h6-8,11,13H,2-5,9H2,1H3,(H,17,19)(H,18,20). The summed E-state index contributed by atoms with van der Waals surface area (Å²) in [4.78, 5) is 24.8. The molecule has 0 bridgehead atoms. The topological polar surface area (TPSA) is 58.2 Å². The van der Waals surface area contributed by atoms with Crippen molar-refractivity contribution in [1.29, 1.82) is 0 Å². The zero-order valence-corrected chi connectivity index (χ0v) is 14.2. The van der Waals surface area contributed by atoms with E-state index in [4.69, 9.17) is 0 Å². The summed E-state index contributed by atoms with van der Waals surface area (Å²) in [6.07, 6.45) is 3.45. The molecule has 0 radical (unpaired) electrons. The van der Waals surface area contributed by atoms with Crippen LogP contribution in [0.5, 0.6) is 0 Å². The minimum absolute atomic E-state index is 0.00565. The van der Waals surface area contributed by atoms with Gasteiger partial charge >= 0.3 is 0 Å². The molecule has 0 spiro atoms. The molecular weight excluding hydrogens is 316 g/mol. The van der Waals surface area contributed by atoms with E-state index in [0.717, 1.165) is 22.8 Å². The average molecular weight is 336 g/mol. The van der Waals surface area contributed by atoms with Crippen LogP contribution in [-0.2, 0) is 4.79 Å². The van der Waals surface area contributed by atoms with Crippen molar-refractivity contribution in [3.8, 4) is 0 Å². The van der Waals surface area contributed by atoms with Crippen LogP contribution in [0.15, 0.2) is 23.1 Å². The van der Waals surface area contributed by atoms with Gasteiger partial charge in [-0.15, -0.1) is 11.8 Å². The van der Waals surface area contributed by atoms with Gasteiger partial charge in [-0.25, -0.2) is 0 Å². The van der Waals surface area contributed by atoms with E-state index in [-0.39, 0.29) is 17.9 Å². The number of rotatable bonds is 4. The van der Waals surface area contributed by atoms with Gasteiger partial charge < -0.3 is 10.6 Å².